The van der Waals surface area contributed by atoms with Gasteiger partial charge in [-0.3, -0.25) is 9.89 Å². The van der Waals surface area contributed by atoms with E-state index in [4.69, 9.17) is 0 Å². The van der Waals surface area contributed by atoms with Crippen LogP contribution in [-0.4, -0.2) is 72.8 Å². The highest BCUT2D eigenvalue weighted by Crippen LogP contribution is 2.36. The van der Waals surface area contributed by atoms with Crippen LogP contribution in [0, 0.1) is 6.92 Å². The van der Waals surface area contributed by atoms with E-state index in [1.807, 2.05) is 50.0 Å². The Morgan fingerprint density at radius 2 is 1.75 bits per heavy atom. The molecule has 1 aromatic carbocycles. The zero-order valence-corrected chi connectivity index (χ0v) is 20.5. The van der Waals surface area contributed by atoms with Crippen LogP contribution in [0.4, 0.5) is 31.1 Å². The van der Waals surface area contributed by atoms with Gasteiger partial charge in [-0.25, -0.2) is 4.79 Å². The summed E-state index contributed by atoms with van der Waals surface area (Å²) >= 11 is 0. The molecule has 0 spiro atoms. The van der Waals surface area contributed by atoms with E-state index in [9.17, 15) is 31.1 Å². The standard InChI is InChI=1S/C25H31F6N3O2/c1-5-7-19(15-18(4)32-6-2)20-8-9-21(17(3)14-20)16-33-10-12-34(13-11-33)23(35)36-22(24(26,27)28)25(29,30)31/h5,8-9,14-15,22H,1,6-7,10-13,16H2,2-4H3/b19-15+,32-18-. The lowest BCUT2D eigenvalue weighted by molar-refractivity contribution is -0.308. The van der Waals surface area contributed by atoms with Crippen molar-refractivity contribution in [2.75, 3.05) is 32.7 Å². The number of ether oxygens (including phenoxy) is 1. The first kappa shape index (κ1) is 29.4. The lowest BCUT2D eigenvalue weighted by Gasteiger charge is -2.35. The van der Waals surface area contributed by atoms with Gasteiger partial charge in [-0.05, 0) is 55.5 Å². The highest BCUT2D eigenvalue weighted by atomic mass is 19.4. The van der Waals surface area contributed by atoms with Gasteiger partial charge in [0.05, 0.1) is 0 Å². The first-order chi connectivity index (χ1) is 16.8. The Hall–Kier alpha value is -2.82. The van der Waals surface area contributed by atoms with Gasteiger partial charge >= 0.3 is 18.4 Å². The molecule has 200 valence electrons. The Morgan fingerprint density at radius 3 is 2.25 bits per heavy atom. The third-order valence-electron chi connectivity index (χ3n) is 5.71. The number of hydrogen-bond donors (Lipinski definition) is 0. The zero-order chi connectivity index (χ0) is 27.1. The van der Waals surface area contributed by atoms with Gasteiger partial charge in [0.1, 0.15) is 0 Å². The smallest absolute Gasteiger partial charge is 0.426 e. The van der Waals surface area contributed by atoms with E-state index in [0.29, 0.717) is 19.5 Å². The minimum Gasteiger partial charge on any atom is -0.426 e. The van der Waals surface area contributed by atoms with E-state index >= 15 is 0 Å². The average Bonchev–Trinajstić information content (AvgIpc) is 2.77. The van der Waals surface area contributed by atoms with Crippen LogP contribution >= 0.6 is 0 Å². The van der Waals surface area contributed by atoms with Crippen molar-refractivity contribution in [2.24, 2.45) is 4.99 Å². The molecule has 0 unspecified atom stereocenters. The number of benzene rings is 1. The van der Waals surface area contributed by atoms with Crippen molar-refractivity contribution in [3.05, 3.63) is 53.6 Å². The molecule has 36 heavy (non-hydrogen) atoms. The van der Waals surface area contributed by atoms with Crippen molar-refractivity contribution >= 4 is 17.4 Å². The summed E-state index contributed by atoms with van der Waals surface area (Å²) < 4.78 is 79.8. The number of aliphatic imine (C=N–C) groups is 1. The lowest BCUT2D eigenvalue weighted by atomic mass is 9.96. The zero-order valence-electron chi connectivity index (χ0n) is 20.5. The number of allylic oxidation sites excluding steroid dienone is 3. The first-order valence-corrected chi connectivity index (χ1v) is 11.5. The summed E-state index contributed by atoms with van der Waals surface area (Å²) in [6, 6.07) is 6.05. The maximum atomic E-state index is 12.7. The maximum absolute atomic E-state index is 12.7. The molecule has 2 rings (SSSR count). The van der Waals surface area contributed by atoms with E-state index in [0.717, 1.165) is 32.9 Å². The average molecular weight is 520 g/mol. The van der Waals surface area contributed by atoms with E-state index < -0.39 is 24.5 Å². The molecular weight excluding hydrogens is 488 g/mol. The molecule has 1 heterocycles. The van der Waals surface area contributed by atoms with Crippen molar-refractivity contribution in [3.8, 4) is 0 Å². The number of hydrogen-bond acceptors (Lipinski definition) is 4. The Kier molecular flexibility index (Phi) is 10.2. The molecule has 0 aliphatic carbocycles. The number of piperazine rings is 1. The minimum atomic E-state index is -5.73. The molecule has 1 amide bonds. The number of aryl methyl sites for hydroxylation is 1. The highest BCUT2D eigenvalue weighted by molar-refractivity contribution is 5.99. The molecule has 0 radical (unpaired) electrons. The summed E-state index contributed by atoms with van der Waals surface area (Å²) in [4.78, 5) is 19.2. The topological polar surface area (TPSA) is 45.1 Å². The van der Waals surface area contributed by atoms with Crippen LogP contribution in [-0.2, 0) is 11.3 Å². The van der Waals surface area contributed by atoms with Crippen molar-refractivity contribution in [1.82, 2.24) is 9.80 Å². The molecule has 1 aromatic rings. The third kappa shape index (κ3) is 8.39. The summed E-state index contributed by atoms with van der Waals surface area (Å²) in [5.41, 5.74) is 5.11. The van der Waals surface area contributed by atoms with Crippen LogP contribution in [0.2, 0.25) is 0 Å². The van der Waals surface area contributed by atoms with Crippen LogP contribution in [0.3, 0.4) is 0 Å². The molecule has 1 aliphatic rings. The van der Waals surface area contributed by atoms with Gasteiger partial charge in [-0.15, -0.1) is 6.58 Å². The molecule has 0 bridgehead atoms. The summed E-state index contributed by atoms with van der Waals surface area (Å²) in [6.45, 7) is 11.4. The number of carbonyl (C=O) groups excluding carboxylic acids is 1. The van der Waals surface area contributed by atoms with Gasteiger partial charge in [-0.2, -0.15) is 26.3 Å². The Bertz CT molecular complexity index is 963. The van der Waals surface area contributed by atoms with E-state index in [1.54, 1.807) is 0 Å². The molecule has 11 heteroatoms. The fourth-order valence-electron chi connectivity index (χ4n) is 3.86. The highest BCUT2D eigenvalue weighted by Gasteiger charge is 2.60. The van der Waals surface area contributed by atoms with Crippen molar-refractivity contribution in [1.29, 1.82) is 0 Å². The molecule has 0 N–H and O–H groups in total. The molecule has 0 saturated carbocycles. The normalized spacial score (nSPS) is 16.4. The SMILES string of the molecule is C=CC/C(=C\C(C)=N/CC)c1ccc(CN2CCN(C(=O)OC(C(F)(F)F)C(F)(F)F)CC2)c(C)c1. The van der Waals surface area contributed by atoms with Crippen LogP contribution < -0.4 is 0 Å². The number of rotatable bonds is 8. The van der Waals surface area contributed by atoms with E-state index in [2.05, 4.69) is 22.4 Å². The van der Waals surface area contributed by atoms with Crippen LogP contribution in [0.5, 0.6) is 0 Å². The Morgan fingerprint density at radius 1 is 1.14 bits per heavy atom. The second kappa shape index (κ2) is 12.4. The third-order valence-corrected chi connectivity index (χ3v) is 5.71. The second-order valence-electron chi connectivity index (χ2n) is 8.53. The Labute approximate surface area is 207 Å². The molecule has 0 atom stereocenters. The van der Waals surface area contributed by atoms with Crippen LogP contribution in [0.15, 0.2) is 41.9 Å². The van der Waals surface area contributed by atoms with Crippen molar-refractivity contribution in [2.45, 2.75) is 52.2 Å². The predicted molar refractivity (Wildman–Crippen MR) is 127 cm³/mol. The summed E-state index contributed by atoms with van der Waals surface area (Å²) in [6.07, 6.45) is -12.7. The number of alkyl halides is 6. The van der Waals surface area contributed by atoms with Gasteiger partial charge in [0, 0.05) is 45.0 Å². The van der Waals surface area contributed by atoms with E-state index in [-0.39, 0.29) is 26.2 Å². The van der Waals surface area contributed by atoms with Crippen molar-refractivity contribution in [3.63, 3.8) is 0 Å². The Balaban J connectivity index is 2.02. The molecule has 1 saturated heterocycles. The summed E-state index contributed by atoms with van der Waals surface area (Å²) in [5, 5.41) is 0. The number of amides is 1. The van der Waals surface area contributed by atoms with Gasteiger partial charge in [0.2, 0.25) is 0 Å². The largest absolute Gasteiger partial charge is 0.434 e. The molecule has 1 fully saturated rings. The molecular formula is C25H31F6N3O2. The number of nitrogens with zero attached hydrogens (tertiary/aromatic N) is 3. The van der Waals surface area contributed by atoms with E-state index in [1.165, 1.54) is 0 Å². The maximum Gasteiger partial charge on any atom is 0.434 e. The minimum absolute atomic E-state index is 0.0410. The fraction of sp³-hybridized carbons (Fsp3) is 0.520. The van der Waals surface area contributed by atoms with Gasteiger partial charge in [-0.1, -0.05) is 24.3 Å². The van der Waals surface area contributed by atoms with Gasteiger partial charge in [0.15, 0.2) is 0 Å². The molecule has 1 aliphatic heterocycles. The fourth-order valence-corrected chi connectivity index (χ4v) is 3.86. The quantitative estimate of drug-likeness (QED) is 0.234. The second-order valence-corrected chi connectivity index (χ2v) is 8.53. The summed E-state index contributed by atoms with van der Waals surface area (Å²) in [7, 11) is 0. The number of carbonyl (C=O) groups is 1. The van der Waals surface area contributed by atoms with Crippen molar-refractivity contribution < 1.29 is 35.9 Å². The predicted octanol–water partition coefficient (Wildman–Crippen LogP) is 6.18. The molecule has 0 aromatic heterocycles. The monoisotopic (exact) mass is 519 g/mol. The van der Waals surface area contributed by atoms with Crippen LogP contribution in [0.25, 0.3) is 5.57 Å². The van der Waals surface area contributed by atoms with Gasteiger partial charge in [0.25, 0.3) is 6.10 Å². The van der Waals surface area contributed by atoms with Crippen LogP contribution in [0.1, 0.15) is 37.0 Å². The number of halogens is 6. The first-order valence-electron chi connectivity index (χ1n) is 11.5. The van der Waals surface area contributed by atoms with Gasteiger partial charge < -0.3 is 9.64 Å². The lowest BCUT2D eigenvalue weighted by Crippen LogP contribution is -2.52. The summed E-state index contributed by atoms with van der Waals surface area (Å²) in [5.74, 6) is 0. The molecule has 5 nitrogen and oxygen atoms in total.